The normalized spacial score (nSPS) is 9.92. The number of halogens is 2. The Balaban J connectivity index is 3.05. The number of nitrogens with two attached hydrogens (primary N) is 1. The predicted octanol–water partition coefficient (Wildman–Crippen LogP) is 1.53. The van der Waals surface area contributed by atoms with Crippen LogP contribution >= 0.6 is 23.2 Å². The van der Waals surface area contributed by atoms with Crippen molar-refractivity contribution in [3.05, 3.63) is 28.0 Å². The molecule has 0 atom stereocenters. The van der Waals surface area contributed by atoms with E-state index in [0.29, 0.717) is 5.02 Å². The maximum atomic E-state index is 11.0. The fourth-order valence-electron chi connectivity index (χ4n) is 0.677. The van der Waals surface area contributed by atoms with E-state index < -0.39 is 0 Å². The van der Waals surface area contributed by atoms with Crippen LogP contribution in [0.1, 0.15) is 10.5 Å². The van der Waals surface area contributed by atoms with Crippen molar-refractivity contribution in [3.63, 3.8) is 0 Å². The van der Waals surface area contributed by atoms with Crippen molar-refractivity contribution in [2.75, 3.05) is 6.54 Å². The molecule has 64 valence electrons. The van der Waals surface area contributed by atoms with E-state index in [2.05, 4.69) is 4.98 Å². The third-order valence-corrected chi connectivity index (χ3v) is 1.96. The summed E-state index contributed by atoms with van der Waals surface area (Å²) in [6.07, 6.45) is 0. The van der Waals surface area contributed by atoms with Gasteiger partial charge in [-0.2, -0.15) is 0 Å². The smallest absolute Gasteiger partial charge is 0.194 e. The van der Waals surface area contributed by atoms with Gasteiger partial charge in [-0.15, -0.1) is 0 Å². The maximum Gasteiger partial charge on any atom is 0.194 e. The second kappa shape index (κ2) is 3.85. The second-order valence-electron chi connectivity index (χ2n) is 2.10. The molecule has 3 nitrogen and oxygen atoms in total. The zero-order valence-corrected chi connectivity index (χ0v) is 7.56. The van der Waals surface area contributed by atoms with Gasteiger partial charge >= 0.3 is 0 Å². The summed E-state index contributed by atoms with van der Waals surface area (Å²) in [5.41, 5.74) is 5.37. The van der Waals surface area contributed by atoms with Crippen LogP contribution in [0.5, 0.6) is 0 Å². The van der Waals surface area contributed by atoms with Crippen molar-refractivity contribution in [3.8, 4) is 0 Å². The quantitative estimate of drug-likeness (QED) is 0.588. The molecule has 0 aliphatic rings. The molecule has 0 unspecified atom stereocenters. The minimum atomic E-state index is -0.256. The van der Waals surface area contributed by atoms with Gasteiger partial charge in [-0.3, -0.25) is 4.79 Å². The molecule has 1 rings (SSSR count). The summed E-state index contributed by atoms with van der Waals surface area (Å²) < 4.78 is 0. The largest absolute Gasteiger partial charge is 0.324 e. The van der Waals surface area contributed by atoms with Crippen molar-refractivity contribution in [1.82, 2.24) is 4.98 Å². The SMILES string of the molecule is NCC(=O)c1ccc(Cl)c(Cl)n1. The van der Waals surface area contributed by atoms with Gasteiger partial charge in [0, 0.05) is 0 Å². The van der Waals surface area contributed by atoms with Crippen LogP contribution < -0.4 is 5.73 Å². The first-order valence-corrected chi connectivity index (χ1v) is 3.96. The molecule has 0 bridgehead atoms. The Bertz CT molecular complexity index is 314. The first kappa shape index (κ1) is 9.45. The Hall–Kier alpha value is -0.640. The predicted molar refractivity (Wildman–Crippen MR) is 47.6 cm³/mol. The number of hydrogen-bond acceptors (Lipinski definition) is 3. The molecule has 0 radical (unpaired) electrons. The fraction of sp³-hybridized carbons (Fsp3) is 0.143. The highest BCUT2D eigenvalue weighted by Crippen LogP contribution is 2.18. The van der Waals surface area contributed by atoms with E-state index in [1.165, 1.54) is 12.1 Å². The van der Waals surface area contributed by atoms with Crippen LogP contribution in [0.3, 0.4) is 0 Å². The van der Waals surface area contributed by atoms with Crippen LogP contribution in [-0.4, -0.2) is 17.3 Å². The number of nitrogens with zero attached hydrogens (tertiary/aromatic N) is 1. The minimum Gasteiger partial charge on any atom is -0.324 e. The first-order valence-electron chi connectivity index (χ1n) is 3.20. The number of carbonyl (C=O) groups excluding carboxylic acids is 1. The monoisotopic (exact) mass is 204 g/mol. The molecule has 0 fully saturated rings. The summed E-state index contributed by atoms with van der Waals surface area (Å²) in [5, 5.41) is 0.446. The van der Waals surface area contributed by atoms with Gasteiger partial charge in [-0.25, -0.2) is 4.98 Å². The van der Waals surface area contributed by atoms with Gasteiger partial charge in [-0.1, -0.05) is 23.2 Å². The second-order valence-corrected chi connectivity index (χ2v) is 2.86. The van der Waals surface area contributed by atoms with E-state index in [1.54, 1.807) is 0 Å². The molecule has 12 heavy (non-hydrogen) atoms. The van der Waals surface area contributed by atoms with Crippen molar-refractivity contribution in [2.24, 2.45) is 5.73 Å². The lowest BCUT2D eigenvalue weighted by molar-refractivity contribution is 0.0996. The molecule has 1 aromatic rings. The Morgan fingerprint density at radius 1 is 1.50 bits per heavy atom. The summed E-state index contributed by atoms with van der Waals surface area (Å²) >= 11 is 11.2. The van der Waals surface area contributed by atoms with Gasteiger partial charge in [0.2, 0.25) is 0 Å². The van der Waals surface area contributed by atoms with Crippen LogP contribution in [-0.2, 0) is 0 Å². The molecule has 1 heterocycles. The molecular formula is C7H6Cl2N2O. The number of Topliss-reactive ketones (excluding diaryl/α,β-unsaturated/α-hetero) is 1. The summed E-state index contributed by atoms with van der Waals surface area (Å²) in [5.74, 6) is -0.256. The number of rotatable bonds is 2. The average molecular weight is 205 g/mol. The van der Waals surface area contributed by atoms with Gasteiger partial charge in [-0.05, 0) is 12.1 Å². The molecule has 0 spiro atoms. The van der Waals surface area contributed by atoms with E-state index >= 15 is 0 Å². The van der Waals surface area contributed by atoms with Crippen molar-refractivity contribution in [1.29, 1.82) is 0 Å². The fourth-order valence-corrected chi connectivity index (χ4v) is 0.936. The van der Waals surface area contributed by atoms with Gasteiger partial charge in [0.15, 0.2) is 5.78 Å². The number of aromatic nitrogens is 1. The lowest BCUT2D eigenvalue weighted by atomic mass is 10.2. The Morgan fingerprint density at radius 2 is 2.17 bits per heavy atom. The van der Waals surface area contributed by atoms with E-state index in [-0.39, 0.29) is 23.2 Å². The highest BCUT2D eigenvalue weighted by atomic mass is 35.5. The molecule has 5 heteroatoms. The van der Waals surface area contributed by atoms with E-state index in [9.17, 15) is 4.79 Å². The Labute approximate surface area is 79.5 Å². The zero-order valence-electron chi connectivity index (χ0n) is 6.05. The number of hydrogen-bond donors (Lipinski definition) is 1. The van der Waals surface area contributed by atoms with Gasteiger partial charge in [0.05, 0.1) is 11.6 Å². The van der Waals surface area contributed by atoms with E-state index in [4.69, 9.17) is 28.9 Å². The highest BCUT2D eigenvalue weighted by Gasteiger charge is 2.07. The molecule has 0 aliphatic carbocycles. The minimum absolute atomic E-state index is 0.0784. The first-order chi connectivity index (χ1) is 5.65. The van der Waals surface area contributed by atoms with Gasteiger partial charge < -0.3 is 5.73 Å². The molecule has 0 aromatic carbocycles. The summed E-state index contributed by atoms with van der Waals surface area (Å²) in [7, 11) is 0. The lowest BCUT2D eigenvalue weighted by Gasteiger charge is -1.98. The van der Waals surface area contributed by atoms with Crippen molar-refractivity contribution in [2.45, 2.75) is 0 Å². The van der Waals surface area contributed by atoms with Crippen LogP contribution in [0.15, 0.2) is 12.1 Å². The van der Waals surface area contributed by atoms with Crippen molar-refractivity contribution < 1.29 is 4.79 Å². The van der Waals surface area contributed by atoms with Gasteiger partial charge in [0.1, 0.15) is 10.8 Å². The van der Waals surface area contributed by atoms with Crippen molar-refractivity contribution >= 4 is 29.0 Å². The van der Waals surface area contributed by atoms with Crippen LogP contribution in [0.4, 0.5) is 0 Å². The Kier molecular flexibility index (Phi) is 3.03. The number of pyridine rings is 1. The molecule has 2 N–H and O–H groups in total. The molecule has 0 aliphatic heterocycles. The molecular weight excluding hydrogens is 199 g/mol. The standard InChI is InChI=1S/C7H6Cl2N2O/c8-4-1-2-5(6(12)3-10)11-7(4)9/h1-2H,3,10H2. The Morgan fingerprint density at radius 3 is 2.67 bits per heavy atom. The highest BCUT2D eigenvalue weighted by molar-refractivity contribution is 6.41. The molecule has 0 saturated carbocycles. The molecule has 1 aromatic heterocycles. The maximum absolute atomic E-state index is 11.0. The third kappa shape index (κ3) is 1.94. The van der Waals surface area contributed by atoms with Crippen LogP contribution in [0.25, 0.3) is 0 Å². The zero-order chi connectivity index (χ0) is 9.14. The summed E-state index contributed by atoms with van der Waals surface area (Å²) in [4.78, 5) is 14.7. The summed E-state index contributed by atoms with van der Waals surface area (Å²) in [6.45, 7) is -0.0784. The van der Waals surface area contributed by atoms with Gasteiger partial charge in [0.25, 0.3) is 0 Å². The third-order valence-electron chi connectivity index (χ3n) is 1.27. The lowest BCUT2D eigenvalue weighted by Crippen LogP contribution is -2.14. The van der Waals surface area contributed by atoms with E-state index in [1.807, 2.05) is 0 Å². The average Bonchev–Trinajstić information content (AvgIpc) is 2.08. The number of ketones is 1. The number of carbonyl (C=O) groups is 1. The van der Waals surface area contributed by atoms with Crippen LogP contribution in [0, 0.1) is 0 Å². The topological polar surface area (TPSA) is 56.0 Å². The molecule has 0 saturated heterocycles. The summed E-state index contributed by atoms with van der Waals surface area (Å²) in [6, 6.07) is 3.00. The van der Waals surface area contributed by atoms with E-state index in [0.717, 1.165) is 0 Å². The molecule has 0 amide bonds. The van der Waals surface area contributed by atoms with Crippen LogP contribution in [0.2, 0.25) is 10.2 Å².